The van der Waals surface area contributed by atoms with E-state index in [0.717, 1.165) is 51.3 Å². The lowest BCUT2D eigenvalue weighted by molar-refractivity contribution is 0.114. The first-order chi connectivity index (χ1) is 12.1. The summed E-state index contributed by atoms with van der Waals surface area (Å²) in [6, 6.07) is 5.12. The van der Waals surface area contributed by atoms with E-state index in [4.69, 9.17) is 4.74 Å². The zero-order valence-electron chi connectivity index (χ0n) is 15.0. The number of nitrogens with one attached hydrogen (secondary N) is 1. The quantitative estimate of drug-likeness (QED) is 0.891. The molecule has 2 aliphatic rings. The van der Waals surface area contributed by atoms with Crippen LogP contribution >= 0.6 is 0 Å². The molecule has 7 heteroatoms. The van der Waals surface area contributed by atoms with Crippen LogP contribution in [-0.4, -0.2) is 80.2 Å². The third-order valence-electron chi connectivity index (χ3n) is 5.16. The molecule has 2 fully saturated rings. The number of likely N-dealkylation sites (N-methyl/N-ethyl adjacent to an activating group) is 1. The molecular formula is C18H27FN4O2. The van der Waals surface area contributed by atoms with Crippen molar-refractivity contribution in [3.63, 3.8) is 0 Å². The molecular weight excluding hydrogens is 323 g/mol. The fourth-order valence-corrected chi connectivity index (χ4v) is 3.52. The maximum Gasteiger partial charge on any atom is 0.317 e. The van der Waals surface area contributed by atoms with E-state index < -0.39 is 5.82 Å². The van der Waals surface area contributed by atoms with Crippen LogP contribution in [0, 0.1) is 5.82 Å². The SMILES string of the molecule is COc1ccc(CNC(=O)N2CCC(N3CCN(C)CC3)C2)cc1F. The van der Waals surface area contributed by atoms with Gasteiger partial charge < -0.3 is 19.9 Å². The number of rotatable bonds is 4. The van der Waals surface area contributed by atoms with Gasteiger partial charge in [-0.25, -0.2) is 9.18 Å². The standard InChI is InChI=1S/C18H27FN4O2/c1-21-7-9-22(10-8-21)15-5-6-23(13-15)18(24)20-12-14-3-4-17(25-2)16(19)11-14/h3-4,11,15H,5-10,12-13H2,1-2H3,(H,20,24). The summed E-state index contributed by atoms with van der Waals surface area (Å²) in [5.74, 6) is -0.199. The number of amides is 2. The normalized spacial score (nSPS) is 22.2. The maximum atomic E-state index is 13.7. The van der Waals surface area contributed by atoms with Gasteiger partial charge in [0.05, 0.1) is 7.11 Å². The Morgan fingerprint density at radius 2 is 2.04 bits per heavy atom. The van der Waals surface area contributed by atoms with Gasteiger partial charge in [-0.05, 0) is 31.2 Å². The van der Waals surface area contributed by atoms with Crippen molar-refractivity contribution in [2.45, 2.75) is 19.0 Å². The number of ether oxygens (including phenoxy) is 1. The fourth-order valence-electron chi connectivity index (χ4n) is 3.52. The molecule has 0 saturated carbocycles. The second kappa shape index (κ2) is 8.01. The Hall–Kier alpha value is -1.86. The topological polar surface area (TPSA) is 48.1 Å². The van der Waals surface area contributed by atoms with Crippen LogP contribution in [0.3, 0.4) is 0 Å². The van der Waals surface area contributed by atoms with Crippen LogP contribution in [-0.2, 0) is 6.54 Å². The van der Waals surface area contributed by atoms with Crippen LogP contribution in [0.5, 0.6) is 5.75 Å². The molecule has 3 rings (SSSR count). The molecule has 1 unspecified atom stereocenters. The smallest absolute Gasteiger partial charge is 0.317 e. The first kappa shape index (κ1) is 17.9. The molecule has 6 nitrogen and oxygen atoms in total. The Bertz CT molecular complexity index is 605. The van der Waals surface area contributed by atoms with Gasteiger partial charge in [-0.15, -0.1) is 0 Å². The summed E-state index contributed by atoms with van der Waals surface area (Å²) in [7, 11) is 3.58. The van der Waals surface area contributed by atoms with Gasteiger partial charge >= 0.3 is 6.03 Å². The van der Waals surface area contributed by atoms with E-state index in [1.165, 1.54) is 13.2 Å². The van der Waals surface area contributed by atoms with Crippen molar-refractivity contribution in [2.24, 2.45) is 0 Å². The Morgan fingerprint density at radius 3 is 2.72 bits per heavy atom. The molecule has 138 valence electrons. The minimum atomic E-state index is -0.412. The number of halogens is 1. The number of benzene rings is 1. The number of methoxy groups -OCH3 is 1. The van der Waals surface area contributed by atoms with Crippen molar-refractivity contribution in [1.82, 2.24) is 20.0 Å². The highest BCUT2D eigenvalue weighted by molar-refractivity contribution is 5.74. The molecule has 0 radical (unpaired) electrons. The first-order valence-corrected chi connectivity index (χ1v) is 8.84. The van der Waals surface area contributed by atoms with Crippen LogP contribution in [0.1, 0.15) is 12.0 Å². The average Bonchev–Trinajstić information content (AvgIpc) is 3.10. The van der Waals surface area contributed by atoms with Gasteiger partial charge in [-0.1, -0.05) is 6.07 Å². The Labute approximate surface area is 148 Å². The molecule has 2 amide bonds. The van der Waals surface area contributed by atoms with Crippen molar-refractivity contribution in [1.29, 1.82) is 0 Å². The van der Waals surface area contributed by atoms with Gasteiger partial charge in [0.15, 0.2) is 11.6 Å². The third-order valence-corrected chi connectivity index (χ3v) is 5.16. The van der Waals surface area contributed by atoms with Crippen molar-refractivity contribution in [2.75, 3.05) is 53.4 Å². The number of hydrogen-bond acceptors (Lipinski definition) is 4. The number of likely N-dealkylation sites (tertiary alicyclic amines) is 1. The van der Waals surface area contributed by atoms with Crippen LogP contribution in [0.25, 0.3) is 0 Å². The minimum Gasteiger partial charge on any atom is -0.494 e. The highest BCUT2D eigenvalue weighted by Crippen LogP contribution is 2.19. The van der Waals surface area contributed by atoms with Gasteiger partial charge in [-0.3, -0.25) is 4.90 Å². The molecule has 0 spiro atoms. The van der Waals surface area contributed by atoms with Gasteiger partial charge in [0.1, 0.15) is 0 Å². The van der Waals surface area contributed by atoms with Gasteiger partial charge in [0.25, 0.3) is 0 Å². The van der Waals surface area contributed by atoms with Crippen molar-refractivity contribution in [3.05, 3.63) is 29.6 Å². The van der Waals surface area contributed by atoms with E-state index in [1.807, 2.05) is 4.90 Å². The van der Waals surface area contributed by atoms with E-state index in [2.05, 4.69) is 22.2 Å². The zero-order valence-corrected chi connectivity index (χ0v) is 15.0. The first-order valence-electron chi connectivity index (χ1n) is 8.84. The molecule has 2 heterocycles. The van der Waals surface area contributed by atoms with Crippen LogP contribution < -0.4 is 10.1 Å². The highest BCUT2D eigenvalue weighted by Gasteiger charge is 2.31. The number of hydrogen-bond donors (Lipinski definition) is 1. The molecule has 25 heavy (non-hydrogen) atoms. The van der Waals surface area contributed by atoms with E-state index in [1.54, 1.807) is 12.1 Å². The molecule has 1 atom stereocenters. The summed E-state index contributed by atoms with van der Waals surface area (Å²) in [6.07, 6.45) is 1.02. The number of carbonyl (C=O) groups is 1. The molecule has 2 saturated heterocycles. The second-order valence-corrected chi connectivity index (χ2v) is 6.86. The third kappa shape index (κ3) is 4.41. The largest absolute Gasteiger partial charge is 0.494 e. The summed E-state index contributed by atoms with van der Waals surface area (Å²) in [5, 5.41) is 2.89. The van der Waals surface area contributed by atoms with Gasteiger partial charge in [0.2, 0.25) is 0 Å². The van der Waals surface area contributed by atoms with Gasteiger partial charge in [0, 0.05) is 51.9 Å². The average molecular weight is 350 g/mol. The fraction of sp³-hybridized carbons (Fsp3) is 0.611. The van der Waals surface area contributed by atoms with Crippen LogP contribution in [0.2, 0.25) is 0 Å². The summed E-state index contributed by atoms with van der Waals surface area (Å²) in [6.45, 7) is 6.18. The van der Waals surface area contributed by atoms with E-state index in [-0.39, 0.29) is 11.8 Å². The van der Waals surface area contributed by atoms with E-state index in [9.17, 15) is 9.18 Å². The molecule has 0 aliphatic carbocycles. The molecule has 1 aromatic carbocycles. The summed E-state index contributed by atoms with van der Waals surface area (Å²) in [5.41, 5.74) is 0.724. The Morgan fingerprint density at radius 1 is 1.28 bits per heavy atom. The van der Waals surface area contributed by atoms with Crippen molar-refractivity contribution >= 4 is 6.03 Å². The number of piperazine rings is 1. The molecule has 0 aromatic heterocycles. The molecule has 1 N–H and O–H groups in total. The zero-order chi connectivity index (χ0) is 17.8. The van der Waals surface area contributed by atoms with Crippen LogP contribution in [0.4, 0.5) is 9.18 Å². The van der Waals surface area contributed by atoms with E-state index in [0.29, 0.717) is 12.6 Å². The molecule has 1 aromatic rings. The summed E-state index contributed by atoms with van der Waals surface area (Å²) < 4.78 is 18.6. The summed E-state index contributed by atoms with van der Waals surface area (Å²) in [4.78, 5) is 19.1. The van der Waals surface area contributed by atoms with Crippen LogP contribution in [0.15, 0.2) is 18.2 Å². The Kier molecular flexibility index (Phi) is 5.75. The number of nitrogens with zero attached hydrogens (tertiary/aromatic N) is 3. The van der Waals surface area contributed by atoms with Crippen molar-refractivity contribution < 1.29 is 13.9 Å². The predicted molar refractivity (Wildman–Crippen MR) is 94.2 cm³/mol. The second-order valence-electron chi connectivity index (χ2n) is 6.86. The van der Waals surface area contributed by atoms with Gasteiger partial charge in [-0.2, -0.15) is 0 Å². The minimum absolute atomic E-state index is 0.0761. The lowest BCUT2D eigenvalue weighted by atomic mass is 10.2. The monoisotopic (exact) mass is 350 g/mol. The highest BCUT2D eigenvalue weighted by atomic mass is 19.1. The van der Waals surface area contributed by atoms with E-state index >= 15 is 0 Å². The lowest BCUT2D eigenvalue weighted by Gasteiger charge is -2.36. The summed E-state index contributed by atoms with van der Waals surface area (Å²) >= 11 is 0. The Balaban J connectivity index is 1.47. The molecule has 0 bridgehead atoms. The molecule has 2 aliphatic heterocycles. The number of urea groups is 1. The maximum absolute atomic E-state index is 13.7. The predicted octanol–water partition coefficient (Wildman–Crippen LogP) is 1.37. The van der Waals surface area contributed by atoms with Crippen molar-refractivity contribution in [3.8, 4) is 5.75 Å². The number of carbonyl (C=O) groups excluding carboxylic acids is 1. The lowest BCUT2D eigenvalue weighted by Crippen LogP contribution is -2.50.